The number of amides is 1. The van der Waals surface area contributed by atoms with E-state index < -0.39 is 27.7 Å². The molecule has 0 radical (unpaired) electrons. The van der Waals surface area contributed by atoms with E-state index in [0.717, 1.165) is 11.3 Å². The summed E-state index contributed by atoms with van der Waals surface area (Å²) in [5, 5.41) is 2.80. The molecule has 1 aromatic heterocycles. The summed E-state index contributed by atoms with van der Waals surface area (Å²) < 4.78 is 34.7. The van der Waals surface area contributed by atoms with E-state index in [1.807, 2.05) is 6.07 Å². The molecule has 0 aliphatic rings. The molecule has 8 nitrogen and oxygen atoms in total. The fourth-order valence-corrected chi connectivity index (χ4v) is 5.52. The maximum absolute atomic E-state index is 12.4. The van der Waals surface area contributed by atoms with Crippen LogP contribution in [0.5, 0.6) is 0 Å². The van der Waals surface area contributed by atoms with Gasteiger partial charge in [-0.2, -0.15) is 0 Å². The molecule has 0 saturated heterocycles. The van der Waals surface area contributed by atoms with E-state index in [-0.39, 0.29) is 53.0 Å². The standard InChI is InChI=1S/C22H27NO7S2/c1-4-29-21(25)18-15(3)19(22(26)30-5-2)31-20(18)23-17(24)12-9-13-32(27,28)14-16-10-7-6-8-11-16/h6-8,10-11H,4-5,9,12-14H2,1-3H3,(H,23,24). The molecular formula is C22H27NO7S2. The highest BCUT2D eigenvalue weighted by Gasteiger charge is 2.27. The van der Waals surface area contributed by atoms with Crippen molar-refractivity contribution in [3.8, 4) is 0 Å². The summed E-state index contributed by atoms with van der Waals surface area (Å²) in [5.74, 6) is -1.93. The number of hydrogen-bond donors (Lipinski definition) is 1. The minimum atomic E-state index is -3.36. The lowest BCUT2D eigenvalue weighted by Crippen LogP contribution is -2.16. The Morgan fingerprint density at radius 1 is 1.00 bits per heavy atom. The van der Waals surface area contributed by atoms with Crippen molar-refractivity contribution in [1.29, 1.82) is 0 Å². The van der Waals surface area contributed by atoms with Gasteiger partial charge < -0.3 is 14.8 Å². The molecule has 0 aliphatic heterocycles. The summed E-state index contributed by atoms with van der Waals surface area (Å²) >= 11 is 0.932. The Hall–Kier alpha value is -2.72. The minimum absolute atomic E-state index is 0.0536. The molecule has 1 N–H and O–H groups in total. The molecule has 174 valence electrons. The van der Waals surface area contributed by atoms with Gasteiger partial charge in [0.15, 0.2) is 9.84 Å². The van der Waals surface area contributed by atoms with Crippen LogP contribution in [0.2, 0.25) is 0 Å². The zero-order chi connectivity index (χ0) is 23.7. The Morgan fingerprint density at radius 2 is 1.62 bits per heavy atom. The van der Waals surface area contributed by atoms with Gasteiger partial charge in [0, 0.05) is 6.42 Å². The molecule has 1 aromatic carbocycles. The van der Waals surface area contributed by atoms with Gasteiger partial charge in [0.05, 0.1) is 30.3 Å². The van der Waals surface area contributed by atoms with Crippen LogP contribution in [-0.4, -0.2) is 45.2 Å². The lowest BCUT2D eigenvalue weighted by atomic mass is 10.1. The first-order valence-electron chi connectivity index (χ1n) is 10.2. The van der Waals surface area contributed by atoms with Crippen molar-refractivity contribution >= 4 is 44.0 Å². The van der Waals surface area contributed by atoms with Crippen LogP contribution in [0.3, 0.4) is 0 Å². The van der Waals surface area contributed by atoms with Crippen LogP contribution in [0.15, 0.2) is 30.3 Å². The molecule has 0 saturated carbocycles. The van der Waals surface area contributed by atoms with Gasteiger partial charge in [-0.3, -0.25) is 4.79 Å². The first-order valence-corrected chi connectivity index (χ1v) is 12.8. The van der Waals surface area contributed by atoms with Crippen LogP contribution >= 0.6 is 11.3 Å². The van der Waals surface area contributed by atoms with E-state index in [1.54, 1.807) is 45.0 Å². The topological polar surface area (TPSA) is 116 Å². The molecule has 0 atom stereocenters. The number of ether oxygens (including phenoxy) is 2. The summed E-state index contributed by atoms with van der Waals surface area (Å²) in [7, 11) is -3.36. The summed E-state index contributed by atoms with van der Waals surface area (Å²) in [4.78, 5) is 37.2. The minimum Gasteiger partial charge on any atom is -0.462 e. The van der Waals surface area contributed by atoms with Gasteiger partial charge in [0.1, 0.15) is 9.88 Å². The fraction of sp³-hybridized carbons (Fsp3) is 0.409. The molecule has 1 heterocycles. The second kappa shape index (κ2) is 11.8. The Bertz CT molecular complexity index is 1060. The summed E-state index contributed by atoms with van der Waals surface area (Å²) in [6, 6.07) is 8.83. The van der Waals surface area contributed by atoms with Crippen molar-refractivity contribution < 1.29 is 32.3 Å². The number of hydrogen-bond acceptors (Lipinski definition) is 8. The number of carbonyl (C=O) groups is 3. The maximum Gasteiger partial charge on any atom is 0.348 e. The average Bonchev–Trinajstić information content (AvgIpc) is 3.04. The summed E-state index contributed by atoms with van der Waals surface area (Å²) in [6.45, 7) is 5.21. The Balaban J connectivity index is 2.05. The fourth-order valence-electron chi connectivity index (χ4n) is 2.98. The molecule has 0 unspecified atom stereocenters. The van der Waals surface area contributed by atoms with Crippen molar-refractivity contribution in [2.75, 3.05) is 24.3 Å². The Labute approximate surface area is 191 Å². The number of nitrogens with one attached hydrogen (secondary N) is 1. The normalized spacial score (nSPS) is 11.1. The van der Waals surface area contributed by atoms with Crippen LogP contribution in [-0.2, 0) is 29.9 Å². The second-order valence-electron chi connectivity index (χ2n) is 6.93. The van der Waals surface area contributed by atoms with Gasteiger partial charge in [0.25, 0.3) is 0 Å². The first-order chi connectivity index (χ1) is 15.2. The van der Waals surface area contributed by atoms with E-state index in [2.05, 4.69) is 5.32 Å². The molecule has 0 fully saturated rings. The average molecular weight is 482 g/mol. The lowest BCUT2D eigenvalue weighted by Gasteiger charge is -2.08. The number of sulfone groups is 1. The SMILES string of the molecule is CCOC(=O)c1sc(NC(=O)CCCS(=O)(=O)Cc2ccccc2)c(C(=O)OCC)c1C. The molecule has 1 amide bonds. The van der Waals surface area contributed by atoms with E-state index in [0.29, 0.717) is 11.1 Å². The highest BCUT2D eigenvalue weighted by Crippen LogP contribution is 2.34. The number of thiophene rings is 1. The van der Waals surface area contributed by atoms with E-state index >= 15 is 0 Å². The van der Waals surface area contributed by atoms with Crippen LogP contribution in [0.25, 0.3) is 0 Å². The Morgan fingerprint density at radius 3 is 2.25 bits per heavy atom. The number of esters is 2. The lowest BCUT2D eigenvalue weighted by molar-refractivity contribution is -0.116. The second-order valence-corrected chi connectivity index (χ2v) is 10.1. The molecule has 10 heteroatoms. The van der Waals surface area contributed by atoms with Crippen molar-refractivity contribution in [2.24, 2.45) is 0 Å². The molecule has 2 rings (SSSR count). The van der Waals surface area contributed by atoms with Gasteiger partial charge in [-0.05, 0) is 38.3 Å². The van der Waals surface area contributed by atoms with Gasteiger partial charge in [-0.1, -0.05) is 30.3 Å². The highest BCUT2D eigenvalue weighted by molar-refractivity contribution is 7.90. The third kappa shape index (κ3) is 7.16. The van der Waals surface area contributed by atoms with Crippen LogP contribution in [0, 0.1) is 6.92 Å². The quantitative estimate of drug-likeness (QED) is 0.486. The van der Waals surface area contributed by atoms with E-state index in [9.17, 15) is 22.8 Å². The first kappa shape index (κ1) is 25.5. The summed E-state index contributed by atoms with van der Waals surface area (Å²) in [5.41, 5.74) is 1.16. The predicted molar refractivity (Wildman–Crippen MR) is 123 cm³/mol. The number of benzene rings is 1. The third-order valence-corrected chi connectivity index (χ3v) is 7.30. The smallest absolute Gasteiger partial charge is 0.348 e. The zero-order valence-electron chi connectivity index (χ0n) is 18.3. The zero-order valence-corrected chi connectivity index (χ0v) is 19.9. The highest BCUT2D eigenvalue weighted by atomic mass is 32.2. The van der Waals surface area contributed by atoms with E-state index in [4.69, 9.17) is 9.47 Å². The van der Waals surface area contributed by atoms with Crippen molar-refractivity contribution in [1.82, 2.24) is 0 Å². The molecule has 2 aromatic rings. The molecule has 0 bridgehead atoms. The van der Waals surface area contributed by atoms with Crippen LogP contribution in [0.1, 0.15) is 57.8 Å². The third-order valence-electron chi connectivity index (χ3n) is 4.43. The van der Waals surface area contributed by atoms with Crippen molar-refractivity contribution in [2.45, 2.75) is 39.4 Å². The molecular weight excluding hydrogens is 454 g/mol. The van der Waals surface area contributed by atoms with E-state index in [1.165, 1.54) is 0 Å². The van der Waals surface area contributed by atoms with Gasteiger partial charge >= 0.3 is 11.9 Å². The maximum atomic E-state index is 12.4. The number of rotatable bonds is 11. The largest absolute Gasteiger partial charge is 0.462 e. The van der Waals surface area contributed by atoms with Crippen molar-refractivity contribution in [3.63, 3.8) is 0 Å². The number of anilines is 1. The monoisotopic (exact) mass is 481 g/mol. The van der Waals surface area contributed by atoms with Crippen molar-refractivity contribution in [3.05, 3.63) is 51.9 Å². The van der Waals surface area contributed by atoms with Gasteiger partial charge in [-0.25, -0.2) is 18.0 Å². The van der Waals surface area contributed by atoms with Gasteiger partial charge in [0.2, 0.25) is 5.91 Å². The molecule has 32 heavy (non-hydrogen) atoms. The van der Waals surface area contributed by atoms with Gasteiger partial charge in [-0.15, -0.1) is 11.3 Å². The Kier molecular flexibility index (Phi) is 9.40. The molecule has 0 spiro atoms. The summed E-state index contributed by atoms with van der Waals surface area (Å²) in [6.07, 6.45) is 0.0762. The van der Waals surface area contributed by atoms with Crippen LogP contribution in [0.4, 0.5) is 5.00 Å². The number of carbonyl (C=O) groups excluding carboxylic acids is 3. The van der Waals surface area contributed by atoms with Crippen LogP contribution < -0.4 is 5.32 Å². The molecule has 0 aliphatic carbocycles. The predicted octanol–water partition coefficient (Wildman–Crippen LogP) is 3.74.